The second kappa shape index (κ2) is 7.38. The van der Waals surface area contributed by atoms with Crippen molar-refractivity contribution in [1.29, 1.82) is 0 Å². The quantitative estimate of drug-likeness (QED) is 0.478. The van der Waals surface area contributed by atoms with Crippen molar-refractivity contribution in [3.05, 3.63) is 48.0 Å². The number of Topliss-reactive ketones (excluding diaryl/α,β-unsaturated/α-hetero) is 1. The van der Waals surface area contributed by atoms with Crippen LogP contribution in [0.15, 0.2) is 41.3 Å². The van der Waals surface area contributed by atoms with E-state index in [4.69, 9.17) is 0 Å². The van der Waals surface area contributed by atoms with Crippen LogP contribution in [0.3, 0.4) is 0 Å². The molecule has 1 aromatic heterocycles. The maximum absolute atomic E-state index is 12.3. The number of carbonyl (C=O) groups excluding carboxylic acids is 1. The molecular formula is C15H17N3OS2. The minimum absolute atomic E-state index is 0.107. The Morgan fingerprint density at radius 3 is 2.81 bits per heavy atom. The van der Waals surface area contributed by atoms with E-state index in [-0.39, 0.29) is 11.0 Å². The SMILES string of the molecule is C=CCNc1nnc(S[C@@H](C)C(=O)c2ccc(C)cc2)s1. The Balaban J connectivity index is 1.98. The van der Waals surface area contributed by atoms with Crippen LogP contribution in [0.25, 0.3) is 0 Å². The Hall–Kier alpha value is -1.66. The van der Waals surface area contributed by atoms with Gasteiger partial charge in [0.05, 0.1) is 5.25 Å². The van der Waals surface area contributed by atoms with Crippen LogP contribution in [0.1, 0.15) is 22.8 Å². The first kappa shape index (κ1) is 15.7. The molecule has 2 aromatic rings. The summed E-state index contributed by atoms with van der Waals surface area (Å²) in [5, 5.41) is 11.7. The molecule has 1 atom stereocenters. The molecule has 1 heterocycles. The fourth-order valence-electron chi connectivity index (χ4n) is 1.65. The first-order valence-electron chi connectivity index (χ1n) is 6.56. The lowest BCUT2D eigenvalue weighted by Crippen LogP contribution is -2.13. The topological polar surface area (TPSA) is 54.9 Å². The lowest BCUT2D eigenvalue weighted by molar-refractivity contribution is 0.0994. The average molecular weight is 319 g/mol. The molecule has 21 heavy (non-hydrogen) atoms. The Labute approximate surface area is 132 Å². The predicted molar refractivity (Wildman–Crippen MR) is 89.4 cm³/mol. The van der Waals surface area contributed by atoms with Gasteiger partial charge in [0.1, 0.15) is 0 Å². The second-order valence-corrected chi connectivity index (χ2v) is 7.10. The number of aryl methyl sites for hydroxylation is 1. The zero-order valence-corrected chi connectivity index (χ0v) is 13.6. The zero-order chi connectivity index (χ0) is 15.2. The van der Waals surface area contributed by atoms with Crippen LogP contribution in [-0.4, -0.2) is 27.8 Å². The fraction of sp³-hybridized carbons (Fsp3) is 0.267. The van der Waals surface area contributed by atoms with Crippen LogP contribution in [0.2, 0.25) is 0 Å². The lowest BCUT2D eigenvalue weighted by Gasteiger charge is -2.08. The van der Waals surface area contributed by atoms with E-state index in [0.717, 1.165) is 20.6 Å². The molecule has 0 spiro atoms. The molecule has 0 amide bonds. The highest BCUT2D eigenvalue weighted by molar-refractivity contribution is 8.02. The molecular weight excluding hydrogens is 302 g/mol. The Morgan fingerprint density at radius 2 is 2.14 bits per heavy atom. The molecule has 0 radical (unpaired) electrons. The summed E-state index contributed by atoms with van der Waals surface area (Å²) >= 11 is 2.88. The van der Waals surface area contributed by atoms with Crippen molar-refractivity contribution in [1.82, 2.24) is 10.2 Å². The Kier molecular flexibility index (Phi) is 5.52. The van der Waals surface area contributed by atoms with E-state index in [9.17, 15) is 4.79 Å². The first-order chi connectivity index (χ1) is 10.1. The van der Waals surface area contributed by atoms with Gasteiger partial charge >= 0.3 is 0 Å². The molecule has 1 aromatic carbocycles. The number of aromatic nitrogens is 2. The second-order valence-electron chi connectivity index (χ2n) is 4.53. The molecule has 2 rings (SSSR count). The molecule has 0 fully saturated rings. The van der Waals surface area contributed by atoms with Crippen molar-refractivity contribution in [3.63, 3.8) is 0 Å². The van der Waals surface area contributed by atoms with Gasteiger partial charge < -0.3 is 5.32 Å². The number of nitrogens with one attached hydrogen (secondary N) is 1. The molecule has 0 aliphatic carbocycles. The number of ketones is 1. The summed E-state index contributed by atoms with van der Waals surface area (Å²) in [6.45, 7) is 8.19. The monoisotopic (exact) mass is 319 g/mol. The molecule has 6 heteroatoms. The summed E-state index contributed by atoms with van der Waals surface area (Å²) < 4.78 is 0.787. The maximum Gasteiger partial charge on any atom is 0.206 e. The standard InChI is InChI=1S/C15H17N3OS2/c1-4-9-16-14-17-18-15(21-14)20-11(3)13(19)12-7-5-10(2)6-8-12/h4-8,11H,1,9H2,2-3H3,(H,16,17)/t11-/m0/s1. The number of hydrogen-bond donors (Lipinski definition) is 1. The van der Waals surface area contributed by atoms with Gasteiger partial charge in [-0.3, -0.25) is 4.79 Å². The minimum atomic E-state index is -0.187. The molecule has 4 nitrogen and oxygen atoms in total. The van der Waals surface area contributed by atoms with Gasteiger partial charge in [0.15, 0.2) is 10.1 Å². The minimum Gasteiger partial charge on any atom is -0.357 e. The third-order valence-corrected chi connectivity index (χ3v) is 4.85. The van der Waals surface area contributed by atoms with Crippen molar-refractivity contribution >= 4 is 34.0 Å². The van der Waals surface area contributed by atoms with Crippen LogP contribution in [0, 0.1) is 6.92 Å². The first-order valence-corrected chi connectivity index (χ1v) is 8.25. The third kappa shape index (κ3) is 4.41. The summed E-state index contributed by atoms with van der Waals surface area (Å²) in [6, 6.07) is 7.64. The highest BCUT2D eigenvalue weighted by Gasteiger charge is 2.18. The van der Waals surface area contributed by atoms with Crippen LogP contribution < -0.4 is 5.32 Å². The van der Waals surface area contributed by atoms with Crippen molar-refractivity contribution in [2.45, 2.75) is 23.4 Å². The van der Waals surface area contributed by atoms with Gasteiger partial charge in [0.25, 0.3) is 0 Å². The van der Waals surface area contributed by atoms with Crippen molar-refractivity contribution < 1.29 is 4.79 Å². The summed E-state index contributed by atoms with van der Waals surface area (Å²) in [7, 11) is 0. The fourth-order valence-corrected chi connectivity index (χ4v) is 3.63. The number of carbonyl (C=O) groups is 1. The molecule has 0 saturated carbocycles. The summed E-state index contributed by atoms with van der Waals surface area (Å²) in [6.07, 6.45) is 1.76. The number of anilines is 1. The number of hydrogen-bond acceptors (Lipinski definition) is 6. The van der Waals surface area contributed by atoms with Crippen molar-refractivity contribution in [3.8, 4) is 0 Å². The molecule has 1 N–H and O–H groups in total. The van der Waals surface area contributed by atoms with Gasteiger partial charge in [-0.25, -0.2) is 0 Å². The van der Waals surface area contributed by atoms with E-state index in [1.807, 2.05) is 38.1 Å². The van der Waals surface area contributed by atoms with E-state index < -0.39 is 0 Å². The molecule has 0 saturated heterocycles. The van der Waals surface area contributed by atoms with Crippen LogP contribution >= 0.6 is 23.1 Å². The van der Waals surface area contributed by atoms with Gasteiger partial charge in [-0.05, 0) is 13.8 Å². The Morgan fingerprint density at radius 1 is 1.43 bits per heavy atom. The van der Waals surface area contributed by atoms with Gasteiger partial charge in [0.2, 0.25) is 5.13 Å². The number of nitrogens with zero attached hydrogens (tertiary/aromatic N) is 2. The van der Waals surface area contributed by atoms with Crippen LogP contribution in [-0.2, 0) is 0 Å². The van der Waals surface area contributed by atoms with E-state index >= 15 is 0 Å². The van der Waals surface area contributed by atoms with Gasteiger partial charge in [-0.2, -0.15) is 0 Å². The summed E-state index contributed by atoms with van der Waals surface area (Å²) in [5.41, 5.74) is 1.88. The van der Waals surface area contributed by atoms with Gasteiger partial charge in [0, 0.05) is 12.1 Å². The molecule has 110 valence electrons. The highest BCUT2D eigenvalue weighted by atomic mass is 32.2. The smallest absolute Gasteiger partial charge is 0.206 e. The molecule has 0 unspecified atom stereocenters. The zero-order valence-electron chi connectivity index (χ0n) is 12.0. The number of rotatable bonds is 7. The van der Waals surface area contributed by atoms with E-state index in [1.54, 1.807) is 6.08 Å². The Bertz CT molecular complexity index is 622. The van der Waals surface area contributed by atoms with E-state index in [0.29, 0.717) is 6.54 Å². The lowest BCUT2D eigenvalue weighted by atomic mass is 10.1. The van der Waals surface area contributed by atoms with Gasteiger partial charge in [-0.1, -0.05) is 59.0 Å². The summed E-state index contributed by atoms with van der Waals surface area (Å²) in [5.74, 6) is 0.107. The normalized spacial score (nSPS) is 11.9. The predicted octanol–water partition coefficient (Wildman–Crippen LogP) is 3.81. The summed E-state index contributed by atoms with van der Waals surface area (Å²) in [4.78, 5) is 12.3. The van der Waals surface area contributed by atoms with Crippen molar-refractivity contribution in [2.24, 2.45) is 0 Å². The number of benzene rings is 1. The largest absolute Gasteiger partial charge is 0.357 e. The number of thioether (sulfide) groups is 1. The molecule has 0 aliphatic heterocycles. The van der Waals surface area contributed by atoms with Crippen LogP contribution in [0.5, 0.6) is 0 Å². The molecule has 0 aliphatic rings. The van der Waals surface area contributed by atoms with Crippen LogP contribution in [0.4, 0.5) is 5.13 Å². The van der Waals surface area contributed by atoms with E-state index in [1.165, 1.54) is 23.1 Å². The highest BCUT2D eigenvalue weighted by Crippen LogP contribution is 2.30. The maximum atomic E-state index is 12.3. The van der Waals surface area contributed by atoms with E-state index in [2.05, 4.69) is 22.1 Å². The molecule has 0 bridgehead atoms. The van der Waals surface area contributed by atoms with Gasteiger partial charge in [-0.15, -0.1) is 16.8 Å². The third-order valence-electron chi connectivity index (χ3n) is 2.79. The average Bonchev–Trinajstić information content (AvgIpc) is 2.92. The van der Waals surface area contributed by atoms with Crippen molar-refractivity contribution in [2.75, 3.05) is 11.9 Å².